The van der Waals surface area contributed by atoms with Crippen molar-refractivity contribution in [3.63, 3.8) is 0 Å². The summed E-state index contributed by atoms with van der Waals surface area (Å²) in [6.07, 6.45) is 25.4. The van der Waals surface area contributed by atoms with Crippen LogP contribution >= 0.6 is 7.92 Å². The second kappa shape index (κ2) is 13.3. The molecular formula is C32H47O2P. The summed E-state index contributed by atoms with van der Waals surface area (Å²) in [5.41, 5.74) is 1.39. The van der Waals surface area contributed by atoms with Crippen molar-refractivity contribution in [1.82, 2.24) is 0 Å². The highest BCUT2D eigenvalue weighted by Crippen LogP contribution is 2.61. The zero-order valence-corrected chi connectivity index (χ0v) is 22.7. The molecule has 4 unspecified atom stereocenters. The Balaban J connectivity index is 1.59. The topological polar surface area (TPSA) is 18.5 Å². The highest BCUT2D eigenvalue weighted by atomic mass is 31.1. The molecule has 0 N–H and O–H groups in total. The molecule has 3 heteroatoms. The van der Waals surface area contributed by atoms with Gasteiger partial charge in [0.1, 0.15) is 23.7 Å². The second-order valence-corrected chi connectivity index (χ2v) is 13.9. The molecule has 5 rings (SSSR count). The van der Waals surface area contributed by atoms with Gasteiger partial charge in [-0.05, 0) is 50.7 Å². The van der Waals surface area contributed by atoms with Crippen molar-refractivity contribution in [3.05, 3.63) is 42.5 Å². The Morgan fingerprint density at radius 3 is 1.29 bits per heavy atom. The molecule has 2 fully saturated rings. The summed E-state index contributed by atoms with van der Waals surface area (Å²) >= 11 is 0. The first-order valence-electron chi connectivity index (χ1n) is 15.0. The molecule has 1 aromatic rings. The third kappa shape index (κ3) is 6.54. The minimum absolute atomic E-state index is 0.308. The molecule has 192 valence electrons. The molecule has 0 radical (unpaired) electrons. The first kappa shape index (κ1) is 25.4. The molecule has 0 bridgehead atoms. The zero-order valence-electron chi connectivity index (χ0n) is 21.8. The van der Waals surface area contributed by atoms with E-state index >= 15 is 0 Å². The fraction of sp³-hybridized carbons (Fsp3) is 0.688. The van der Waals surface area contributed by atoms with Gasteiger partial charge in [0.25, 0.3) is 0 Å². The van der Waals surface area contributed by atoms with Crippen LogP contribution in [0.2, 0.25) is 0 Å². The first-order valence-corrected chi connectivity index (χ1v) is 16.5. The van der Waals surface area contributed by atoms with Gasteiger partial charge in [0.05, 0.1) is 5.30 Å². The summed E-state index contributed by atoms with van der Waals surface area (Å²) in [6.45, 7) is 0. The molecule has 4 atom stereocenters. The number of rotatable bonds is 0. The van der Waals surface area contributed by atoms with E-state index in [1.807, 2.05) is 0 Å². The summed E-state index contributed by atoms with van der Waals surface area (Å²) in [5.74, 6) is 2.26. The molecule has 2 heterocycles. The van der Waals surface area contributed by atoms with Crippen LogP contribution in [0, 0.1) is 0 Å². The molecule has 0 aromatic heterocycles. The van der Waals surface area contributed by atoms with Crippen molar-refractivity contribution in [3.8, 4) is 11.5 Å². The van der Waals surface area contributed by atoms with Gasteiger partial charge in [-0.25, -0.2) is 0 Å². The van der Waals surface area contributed by atoms with Gasteiger partial charge >= 0.3 is 0 Å². The van der Waals surface area contributed by atoms with E-state index in [9.17, 15) is 0 Å². The Morgan fingerprint density at radius 2 is 0.829 bits per heavy atom. The van der Waals surface area contributed by atoms with Gasteiger partial charge in [0.2, 0.25) is 0 Å². The number of hydrogen-bond donors (Lipinski definition) is 0. The Kier molecular flexibility index (Phi) is 9.66. The Bertz CT molecular complexity index is 788. The molecule has 2 nitrogen and oxygen atoms in total. The van der Waals surface area contributed by atoms with Crippen molar-refractivity contribution in [2.24, 2.45) is 0 Å². The second-order valence-electron chi connectivity index (χ2n) is 11.3. The maximum absolute atomic E-state index is 6.97. The molecule has 2 aliphatic carbocycles. The quantitative estimate of drug-likeness (QED) is 0.335. The van der Waals surface area contributed by atoms with Crippen molar-refractivity contribution < 1.29 is 9.47 Å². The van der Waals surface area contributed by atoms with Crippen LogP contribution in [0.25, 0.3) is 0 Å². The SMILES string of the molecule is c1cccc2c3c(ccc1)OC1CCCCCCCCCC1P3C1CCCCCCCCCC1O2. The Hall–Kier alpha value is -1.27. The maximum Gasteiger partial charge on any atom is 0.131 e. The third-order valence-corrected chi connectivity index (χ3v) is 12.3. The Labute approximate surface area is 215 Å². The van der Waals surface area contributed by atoms with E-state index in [0.29, 0.717) is 23.5 Å². The molecular weight excluding hydrogens is 447 g/mol. The fourth-order valence-corrected chi connectivity index (χ4v) is 10.9. The molecule has 1 aromatic carbocycles. The minimum Gasteiger partial charge on any atom is -0.489 e. The summed E-state index contributed by atoms with van der Waals surface area (Å²) in [6, 6.07) is 15.2. The normalized spacial score (nSPS) is 31.8. The van der Waals surface area contributed by atoms with Crippen LogP contribution in [-0.2, 0) is 0 Å². The standard InChI is InChI=1S/C32H47O2P/c1-3-8-14-20-26-30(24-18-12-5-1)35-31-25-19-13-6-2-4-9-15-21-27(31)34-29-23-17-11-7-10-16-22-28(33-26)32(29)35/h7,10-11,16-17,22-23,26-27,30-31H,1-6,8-9,12-15,18-21,24-25H2. The molecule has 35 heavy (non-hydrogen) atoms. The predicted octanol–water partition coefficient (Wildman–Crippen LogP) is 9.23. The van der Waals surface area contributed by atoms with Crippen LogP contribution in [0.4, 0.5) is 0 Å². The molecule has 2 saturated carbocycles. The molecule has 4 aliphatic rings. The lowest BCUT2D eigenvalue weighted by atomic mass is 10.0. The largest absolute Gasteiger partial charge is 0.489 e. The fourth-order valence-electron chi connectivity index (χ4n) is 6.94. The van der Waals surface area contributed by atoms with E-state index in [2.05, 4.69) is 42.5 Å². The summed E-state index contributed by atoms with van der Waals surface area (Å²) in [5, 5.41) is 1.46. The lowest BCUT2D eigenvalue weighted by Crippen LogP contribution is -2.48. The van der Waals surface area contributed by atoms with E-state index in [0.717, 1.165) is 11.5 Å². The maximum atomic E-state index is 6.97. The summed E-state index contributed by atoms with van der Waals surface area (Å²) in [7, 11) is -0.308. The third-order valence-electron chi connectivity index (χ3n) is 8.77. The highest BCUT2D eigenvalue weighted by Gasteiger charge is 2.48. The predicted molar refractivity (Wildman–Crippen MR) is 150 cm³/mol. The van der Waals surface area contributed by atoms with Gasteiger partial charge < -0.3 is 9.47 Å². The average molecular weight is 495 g/mol. The van der Waals surface area contributed by atoms with Gasteiger partial charge in [-0.2, -0.15) is 0 Å². The van der Waals surface area contributed by atoms with Crippen LogP contribution in [0.3, 0.4) is 0 Å². The van der Waals surface area contributed by atoms with Gasteiger partial charge in [-0.3, -0.25) is 0 Å². The van der Waals surface area contributed by atoms with Crippen LogP contribution < -0.4 is 14.8 Å². The summed E-state index contributed by atoms with van der Waals surface area (Å²) < 4.78 is 13.9. The lowest BCUT2D eigenvalue weighted by molar-refractivity contribution is 0.153. The van der Waals surface area contributed by atoms with Crippen molar-refractivity contribution in [1.29, 1.82) is 0 Å². The van der Waals surface area contributed by atoms with Crippen LogP contribution in [0.1, 0.15) is 116 Å². The van der Waals surface area contributed by atoms with E-state index in [-0.39, 0.29) is 7.92 Å². The van der Waals surface area contributed by atoms with Gasteiger partial charge in [-0.15, -0.1) is 0 Å². The van der Waals surface area contributed by atoms with Crippen LogP contribution in [0.5, 0.6) is 11.5 Å². The number of ether oxygens (including phenoxy) is 2. The zero-order chi connectivity index (χ0) is 23.7. The van der Waals surface area contributed by atoms with E-state index in [1.54, 1.807) is 0 Å². The van der Waals surface area contributed by atoms with Crippen LogP contribution in [-0.4, -0.2) is 23.5 Å². The molecule has 0 spiro atoms. The number of hydrogen-bond acceptors (Lipinski definition) is 2. The van der Waals surface area contributed by atoms with E-state index < -0.39 is 0 Å². The smallest absolute Gasteiger partial charge is 0.131 e. The lowest BCUT2D eigenvalue weighted by Gasteiger charge is -2.49. The monoisotopic (exact) mass is 494 g/mol. The highest BCUT2D eigenvalue weighted by molar-refractivity contribution is 7.67. The van der Waals surface area contributed by atoms with Gasteiger partial charge in [0.15, 0.2) is 0 Å². The van der Waals surface area contributed by atoms with Crippen LogP contribution in [0.15, 0.2) is 42.5 Å². The molecule has 0 amide bonds. The van der Waals surface area contributed by atoms with Crippen molar-refractivity contribution in [2.75, 3.05) is 0 Å². The first-order chi connectivity index (χ1) is 17.4. The van der Waals surface area contributed by atoms with E-state index in [4.69, 9.17) is 9.47 Å². The minimum atomic E-state index is -0.308. The van der Waals surface area contributed by atoms with Gasteiger partial charge in [0, 0.05) is 11.3 Å². The van der Waals surface area contributed by atoms with Crippen molar-refractivity contribution >= 4 is 13.2 Å². The molecule has 2 aliphatic heterocycles. The molecule has 0 saturated heterocycles. The average Bonchev–Trinajstić information content (AvgIpc) is 2.96. The van der Waals surface area contributed by atoms with Gasteiger partial charge in [-0.1, -0.05) is 115 Å². The Morgan fingerprint density at radius 1 is 0.457 bits per heavy atom. The van der Waals surface area contributed by atoms with E-state index in [1.165, 1.54) is 121 Å². The van der Waals surface area contributed by atoms with Crippen molar-refractivity contribution in [2.45, 2.75) is 139 Å². The summed E-state index contributed by atoms with van der Waals surface area (Å²) in [4.78, 5) is 0. The number of fused-ring (bicyclic) bond motifs is 4.